The summed E-state index contributed by atoms with van der Waals surface area (Å²) in [4.78, 5) is 13.9. The van der Waals surface area contributed by atoms with Gasteiger partial charge in [-0.25, -0.2) is 4.68 Å². The van der Waals surface area contributed by atoms with Crippen molar-refractivity contribution in [2.24, 2.45) is 0 Å². The van der Waals surface area contributed by atoms with Crippen LogP contribution in [0.25, 0.3) is 0 Å². The van der Waals surface area contributed by atoms with E-state index < -0.39 is 6.61 Å². The molecule has 0 aliphatic carbocycles. The molecule has 1 aliphatic rings. The number of nitrogens with zero attached hydrogens (tertiary/aromatic N) is 5. The lowest BCUT2D eigenvalue weighted by atomic mass is 10.2. The average Bonchev–Trinajstić information content (AvgIpc) is 3.19. The molecule has 2 aromatic rings. The summed E-state index contributed by atoms with van der Waals surface area (Å²) in [5, 5.41) is 13.4. The number of ether oxygens (including phenoxy) is 1. The van der Waals surface area contributed by atoms with Crippen LogP contribution in [-0.2, 0) is 11.3 Å². The molecule has 0 radical (unpaired) electrons. The molecule has 1 unspecified atom stereocenters. The molecule has 1 aromatic carbocycles. The van der Waals surface area contributed by atoms with Crippen LogP contribution in [0.5, 0.6) is 5.75 Å². The van der Waals surface area contributed by atoms with Gasteiger partial charge in [-0.15, -0.1) is 5.10 Å². The van der Waals surface area contributed by atoms with Crippen LogP contribution in [0, 0.1) is 0 Å². The zero-order valence-corrected chi connectivity index (χ0v) is 12.7. The van der Waals surface area contributed by atoms with Gasteiger partial charge in [-0.3, -0.25) is 4.79 Å². The van der Waals surface area contributed by atoms with Crippen LogP contribution >= 0.6 is 0 Å². The number of carbonyl (C=O) groups is 1. The first-order valence-corrected chi connectivity index (χ1v) is 7.41. The minimum atomic E-state index is -2.87. The highest BCUT2D eigenvalue weighted by Gasteiger charge is 2.26. The van der Waals surface area contributed by atoms with Gasteiger partial charge in [0.1, 0.15) is 18.6 Å². The van der Waals surface area contributed by atoms with E-state index in [1.807, 2.05) is 4.90 Å². The van der Waals surface area contributed by atoms with Gasteiger partial charge in [0.15, 0.2) is 0 Å². The number of alkyl halides is 2. The Hall–Kier alpha value is -2.78. The fraction of sp³-hybridized carbons (Fsp3) is 0.429. The number of rotatable bonds is 6. The predicted molar refractivity (Wildman–Crippen MR) is 79.7 cm³/mol. The molecule has 1 saturated heterocycles. The Balaban J connectivity index is 1.58. The van der Waals surface area contributed by atoms with Crippen molar-refractivity contribution in [3.63, 3.8) is 0 Å². The van der Waals surface area contributed by atoms with E-state index in [1.54, 1.807) is 18.2 Å². The first kappa shape index (κ1) is 16.1. The van der Waals surface area contributed by atoms with Crippen molar-refractivity contribution in [2.45, 2.75) is 25.6 Å². The first-order chi connectivity index (χ1) is 11.6. The summed E-state index contributed by atoms with van der Waals surface area (Å²) in [5.41, 5.74) is 0.593. The number of aromatic nitrogens is 4. The molecule has 2 heterocycles. The normalized spacial score (nSPS) is 17.3. The Morgan fingerprint density at radius 3 is 3.00 bits per heavy atom. The van der Waals surface area contributed by atoms with E-state index in [-0.39, 0.29) is 24.2 Å². The topological polar surface area (TPSA) is 85.2 Å². The van der Waals surface area contributed by atoms with Gasteiger partial charge in [-0.1, -0.05) is 12.1 Å². The Labute approximate surface area is 136 Å². The molecule has 0 spiro atoms. The highest BCUT2D eigenvalue weighted by molar-refractivity contribution is 5.76. The molecule has 3 rings (SSSR count). The SMILES string of the molecule is O=C(Cn1cnnn1)NC1CCN(c2ccccc2OC(F)F)C1. The molecule has 1 N–H and O–H groups in total. The van der Waals surface area contributed by atoms with Gasteiger partial charge in [0.2, 0.25) is 5.91 Å². The van der Waals surface area contributed by atoms with Crippen LogP contribution in [0.3, 0.4) is 0 Å². The van der Waals surface area contributed by atoms with Crippen LogP contribution in [-0.4, -0.2) is 51.9 Å². The molecule has 0 saturated carbocycles. The van der Waals surface area contributed by atoms with Crippen molar-refractivity contribution in [1.29, 1.82) is 0 Å². The fourth-order valence-electron chi connectivity index (χ4n) is 2.68. The van der Waals surface area contributed by atoms with Crippen molar-refractivity contribution in [3.05, 3.63) is 30.6 Å². The number of anilines is 1. The molecule has 1 atom stereocenters. The summed E-state index contributed by atoms with van der Waals surface area (Å²) in [7, 11) is 0. The smallest absolute Gasteiger partial charge is 0.387 e. The molecule has 0 bridgehead atoms. The van der Waals surface area contributed by atoms with Crippen molar-refractivity contribution in [1.82, 2.24) is 25.5 Å². The van der Waals surface area contributed by atoms with Crippen LogP contribution in [0.2, 0.25) is 0 Å². The molecular formula is C14H16F2N6O2. The van der Waals surface area contributed by atoms with Crippen LogP contribution in [0.15, 0.2) is 30.6 Å². The maximum absolute atomic E-state index is 12.5. The van der Waals surface area contributed by atoms with Gasteiger partial charge in [-0.05, 0) is 29.0 Å². The molecule has 128 valence electrons. The molecule has 1 fully saturated rings. The zero-order valence-electron chi connectivity index (χ0n) is 12.7. The second-order valence-corrected chi connectivity index (χ2v) is 5.35. The minimum Gasteiger partial charge on any atom is -0.433 e. The summed E-state index contributed by atoms with van der Waals surface area (Å²) in [5.74, 6) is -0.0700. The number of halogens is 2. The summed E-state index contributed by atoms with van der Waals surface area (Å²) < 4.78 is 30.9. The highest BCUT2D eigenvalue weighted by Crippen LogP contribution is 2.31. The second kappa shape index (κ2) is 7.20. The highest BCUT2D eigenvalue weighted by atomic mass is 19.3. The molecule has 10 heteroatoms. The van der Waals surface area contributed by atoms with Gasteiger partial charge >= 0.3 is 6.61 Å². The van der Waals surface area contributed by atoms with E-state index in [1.165, 1.54) is 17.1 Å². The number of carbonyl (C=O) groups excluding carboxylic acids is 1. The maximum atomic E-state index is 12.5. The summed E-state index contributed by atoms with van der Waals surface area (Å²) in [6, 6.07) is 6.56. The van der Waals surface area contributed by atoms with Gasteiger partial charge in [0, 0.05) is 19.1 Å². The largest absolute Gasteiger partial charge is 0.433 e. The van der Waals surface area contributed by atoms with Gasteiger partial charge in [0.25, 0.3) is 0 Å². The lowest BCUT2D eigenvalue weighted by Crippen LogP contribution is -2.39. The van der Waals surface area contributed by atoms with E-state index in [0.29, 0.717) is 25.2 Å². The third-order valence-corrected chi connectivity index (χ3v) is 3.67. The van der Waals surface area contributed by atoms with Crippen molar-refractivity contribution < 1.29 is 18.3 Å². The number of amides is 1. The van der Waals surface area contributed by atoms with Crippen molar-refractivity contribution >= 4 is 11.6 Å². The monoisotopic (exact) mass is 338 g/mol. The Morgan fingerprint density at radius 1 is 1.42 bits per heavy atom. The predicted octanol–water partition coefficient (Wildman–Crippen LogP) is 0.670. The van der Waals surface area contributed by atoms with Crippen LogP contribution in [0.4, 0.5) is 14.5 Å². The van der Waals surface area contributed by atoms with Gasteiger partial charge in [0.05, 0.1) is 5.69 Å². The number of benzene rings is 1. The molecule has 1 amide bonds. The van der Waals surface area contributed by atoms with Crippen LogP contribution in [0.1, 0.15) is 6.42 Å². The van der Waals surface area contributed by atoms with Crippen LogP contribution < -0.4 is 15.0 Å². The molecule has 8 nitrogen and oxygen atoms in total. The van der Waals surface area contributed by atoms with Gasteiger partial charge < -0.3 is 15.0 Å². The van der Waals surface area contributed by atoms with Gasteiger partial charge in [-0.2, -0.15) is 8.78 Å². The number of hydrogen-bond acceptors (Lipinski definition) is 6. The third-order valence-electron chi connectivity index (χ3n) is 3.67. The number of hydrogen-bond donors (Lipinski definition) is 1. The van der Waals surface area contributed by atoms with E-state index >= 15 is 0 Å². The molecular weight excluding hydrogens is 322 g/mol. The first-order valence-electron chi connectivity index (χ1n) is 7.41. The standard InChI is InChI=1S/C14H16F2N6O2/c15-14(16)24-12-4-2-1-3-11(12)21-6-5-10(7-21)18-13(23)8-22-9-17-19-20-22/h1-4,9-10,14H,5-8H2,(H,18,23). The molecule has 24 heavy (non-hydrogen) atoms. The van der Waals surface area contributed by atoms with E-state index in [2.05, 4.69) is 25.6 Å². The average molecular weight is 338 g/mol. The number of tetrazole rings is 1. The van der Waals surface area contributed by atoms with E-state index in [9.17, 15) is 13.6 Å². The third kappa shape index (κ3) is 3.94. The summed E-state index contributed by atoms with van der Waals surface area (Å²) in [6.45, 7) is -1.68. The van der Waals surface area contributed by atoms with Crippen molar-refractivity contribution in [3.8, 4) is 5.75 Å². The Morgan fingerprint density at radius 2 is 2.25 bits per heavy atom. The minimum absolute atomic E-state index is 0.0363. The molecule has 1 aliphatic heterocycles. The van der Waals surface area contributed by atoms with Crippen molar-refractivity contribution in [2.75, 3.05) is 18.0 Å². The Bertz CT molecular complexity index is 682. The van der Waals surface area contributed by atoms with E-state index in [4.69, 9.17) is 0 Å². The molecule has 1 aromatic heterocycles. The Kier molecular flexibility index (Phi) is 4.82. The fourth-order valence-corrected chi connectivity index (χ4v) is 2.68. The lowest BCUT2D eigenvalue weighted by molar-refractivity contribution is -0.122. The zero-order chi connectivity index (χ0) is 16.9. The maximum Gasteiger partial charge on any atom is 0.387 e. The van der Waals surface area contributed by atoms with E-state index in [0.717, 1.165) is 0 Å². The second-order valence-electron chi connectivity index (χ2n) is 5.35. The number of nitrogens with one attached hydrogen (secondary N) is 1. The number of para-hydroxylation sites is 2. The summed E-state index contributed by atoms with van der Waals surface area (Å²) >= 11 is 0. The quantitative estimate of drug-likeness (QED) is 0.833. The summed E-state index contributed by atoms with van der Waals surface area (Å²) in [6.07, 6.45) is 2.07. The lowest BCUT2D eigenvalue weighted by Gasteiger charge is -2.22.